The van der Waals surface area contributed by atoms with Crippen molar-refractivity contribution in [3.05, 3.63) is 65.5 Å². The molecule has 2 aliphatic rings. The zero-order valence-electron chi connectivity index (χ0n) is 17.5. The zero-order chi connectivity index (χ0) is 25.0. The van der Waals surface area contributed by atoms with Crippen LogP contribution < -0.4 is 0 Å². The summed E-state index contributed by atoms with van der Waals surface area (Å²) in [5.74, 6) is 0.515. The Balaban J connectivity index is 1.44. The van der Waals surface area contributed by atoms with Crippen LogP contribution in [0.2, 0.25) is 0 Å². The Labute approximate surface area is 191 Å². The minimum absolute atomic E-state index is 0.0284. The van der Waals surface area contributed by atoms with Gasteiger partial charge in [0.05, 0.1) is 34.8 Å². The van der Waals surface area contributed by atoms with E-state index < -0.39 is 29.0 Å². The van der Waals surface area contributed by atoms with Gasteiger partial charge in [-0.25, -0.2) is 9.97 Å². The van der Waals surface area contributed by atoms with Gasteiger partial charge in [0.1, 0.15) is 29.9 Å². The number of aryl methyl sites for hydroxylation is 1. The van der Waals surface area contributed by atoms with E-state index >= 15 is 0 Å². The first-order valence-corrected chi connectivity index (χ1v) is 9.85. The van der Waals surface area contributed by atoms with Gasteiger partial charge >= 0.3 is 12.4 Å². The summed E-state index contributed by atoms with van der Waals surface area (Å²) in [5.41, 5.74) is -1.48. The van der Waals surface area contributed by atoms with Crippen LogP contribution in [0.5, 0.6) is 0 Å². The number of fused-ring (bicyclic) bond motifs is 1. The lowest BCUT2D eigenvalue weighted by Gasteiger charge is -2.14. The predicted octanol–water partition coefficient (Wildman–Crippen LogP) is 5.48. The fraction of sp³-hybridized carbons (Fsp3) is 0.190. The number of hydrogen-bond donors (Lipinski definition) is 0. The van der Waals surface area contributed by atoms with Crippen LogP contribution in [0.4, 0.5) is 26.3 Å². The number of rotatable bonds is 4. The van der Waals surface area contributed by atoms with Crippen LogP contribution >= 0.6 is 0 Å². The van der Waals surface area contributed by atoms with Crippen molar-refractivity contribution in [1.82, 2.24) is 30.1 Å². The highest BCUT2D eigenvalue weighted by Crippen LogP contribution is 2.40. The van der Waals surface area contributed by atoms with Crippen molar-refractivity contribution in [3.8, 4) is 34.0 Å². The summed E-state index contributed by atoms with van der Waals surface area (Å²) in [6.07, 6.45) is -5.55. The third-order valence-corrected chi connectivity index (χ3v) is 5.11. The standard InChI is InChI=1S/C21H12F6N6O2/c1-10-14(9-34-31-10)19-29-17-6-28-33(8-18(17)30-19)7-12-5-16(32-35-12)13-3-2-11(20(22,23)24)4-15(13)21(25,26)27/h2-6,8-9H,7H2,1H3. The van der Waals surface area contributed by atoms with Gasteiger partial charge in [-0.1, -0.05) is 16.4 Å². The Hall–Kier alpha value is -4.23. The summed E-state index contributed by atoms with van der Waals surface area (Å²) >= 11 is 0. The molecule has 0 unspecified atom stereocenters. The number of hydrogen-bond acceptors (Lipinski definition) is 7. The Kier molecular flexibility index (Phi) is 5.11. The van der Waals surface area contributed by atoms with E-state index in [0.717, 1.165) is 6.07 Å². The van der Waals surface area contributed by atoms with E-state index in [4.69, 9.17) is 9.05 Å². The Morgan fingerprint density at radius 2 is 1.66 bits per heavy atom. The maximum absolute atomic E-state index is 13.5. The lowest BCUT2D eigenvalue weighted by Crippen LogP contribution is -2.12. The van der Waals surface area contributed by atoms with Gasteiger partial charge in [0.15, 0.2) is 11.6 Å². The van der Waals surface area contributed by atoms with E-state index in [1.807, 2.05) is 0 Å². The molecule has 0 amide bonds. The summed E-state index contributed by atoms with van der Waals surface area (Å²) in [4.78, 5) is 8.76. The number of nitrogens with zero attached hydrogens (tertiary/aromatic N) is 6. The molecular weight excluding hydrogens is 482 g/mol. The van der Waals surface area contributed by atoms with Crippen molar-refractivity contribution >= 4 is 0 Å². The first-order valence-electron chi connectivity index (χ1n) is 9.85. The molecule has 35 heavy (non-hydrogen) atoms. The molecule has 0 spiro atoms. The highest BCUT2D eigenvalue weighted by molar-refractivity contribution is 5.66. The van der Waals surface area contributed by atoms with Crippen molar-refractivity contribution in [2.45, 2.75) is 25.8 Å². The monoisotopic (exact) mass is 494 g/mol. The number of imidazole rings is 1. The second-order valence-corrected chi connectivity index (χ2v) is 7.54. The van der Waals surface area contributed by atoms with Crippen LogP contribution in [0.1, 0.15) is 22.6 Å². The number of aromatic nitrogens is 6. The molecule has 0 saturated carbocycles. The van der Waals surface area contributed by atoms with Gasteiger partial charge in [-0.3, -0.25) is 4.68 Å². The fourth-order valence-corrected chi connectivity index (χ4v) is 3.43. The van der Waals surface area contributed by atoms with Crippen LogP contribution in [-0.2, 0) is 18.9 Å². The quantitative estimate of drug-likeness (QED) is 0.305. The molecule has 2 aromatic heterocycles. The van der Waals surface area contributed by atoms with Crippen LogP contribution in [0.25, 0.3) is 34.0 Å². The largest absolute Gasteiger partial charge is 0.417 e. The van der Waals surface area contributed by atoms with E-state index in [0.29, 0.717) is 34.5 Å². The van der Waals surface area contributed by atoms with E-state index in [1.54, 1.807) is 13.1 Å². The van der Waals surface area contributed by atoms with E-state index in [2.05, 4.69) is 25.4 Å². The Morgan fingerprint density at radius 3 is 2.34 bits per heavy atom. The number of halogens is 6. The van der Waals surface area contributed by atoms with Crippen LogP contribution in [0.3, 0.4) is 0 Å². The van der Waals surface area contributed by atoms with Crippen LogP contribution in [-0.4, -0.2) is 30.1 Å². The van der Waals surface area contributed by atoms with E-state index in [1.165, 1.54) is 23.2 Å². The van der Waals surface area contributed by atoms with Gasteiger partial charge in [0, 0.05) is 11.6 Å². The lowest BCUT2D eigenvalue weighted by molar-refractivity contribution is -0.142. The molecule has 3 aromatic rings. The lowest BCUT2D eigenvalue weighted by atomic mass is 10.0. The molecule has 180 valence electrons. The molecular formula is C21H12F6N6O2. The molecule has 2 aliphatic heterocycles. The molecule has 1 aromatic carbocycles. The van der Waals surface area contributed by atoms with Gasteiger partial charge in [-0.2, -0.15) is 31.4 Å². The third kappa shape index (κ3) is 4.34. The molecule has 0 saturated heterocycles. The van der Waals surface area contributed by atoms with Gasteiger partial charge < -0.3 is 9.05 Å². The second-order valence-electron chi connectivity index (χ2n) is 7.54. The van der Waals surface area contributed by atoms with Crippen molar-refractivity contribution in [1.29, 1.82) is 0 Å². The Morgan fingerprint density at radius 1 is 0.886 bits per heavy atom. The van der Waals surface area contributed by atoms with Crippen molar-refractivity contribution < 1.29 is 35.4 Å². The summed E-state index contributed by atoms with van der Waals surface area (Å²) in [6, 6.07) is 2.54. The Bertz CT molecular complexity index is 1480. The highest BCUT2D eigenvalue weighted by Gasteiger charge is 2.39. The minimum Gasteiger partial charge on any atom is -0.364 e. The van der Waals surface area contributed by atoms with Crippen molar-refractivity contribution in [2.24, 2.45) is 0 Å². The third-order valence-electron chi connectivity index (χ3n) is 5.11. The van der Waals surface area contributed by atoms with Crippen LogP contribution in [0.15, 0.2) is 52.0 Å². The normalized spacial score (nSPS) is 12.5. The summed E-state index contributed by atoms with van der Waals surface area (Å²) in [5, 5.41) is 11.6. The maximum atomic E-state index is 13.5. The summed E-state index contributed by atoms with van der Waals surface area (Å²) < 4.78 is 90.6. The second kappa shape index (κ2) is 7.92. The topological polar surface area (TPSA) is 95.7 Å². The average Bonchev–Trinajstić information content (AvgIpc) is 3.51. The molecule has 5 rings (SSSR count). The molecule has 8 nitrogen and oxygen atoms in total. The molecule has 14 heteroatoms. The summed E-state index contributed by atoms with van der Waals surface area (Å²) in [7, 11) is 0. The zero-order valence-corrected chi connectivity index (χ0v) is 17.5. The molecule has 0 N–H and O–H groups in total. The average molecular weight is 494 g/mol. The molecule has 0 radical (unpaired) electrons. The first-order chi connectivity index (χ1) is 16.5. The fourth-order valence-electron chi connectivity index (χ4n) is 3.43. The van der Waals surface area contributed by atoms with Gasteiger partial charge in [0.25, 0.3) is 0 Å². The van der Waals surface area contributed by atoms with Gasteiger partial charge in [-0.15, -0.1) is 0 Å². The summed E-state index contributed by atoms with van der Waals surface area (Å²) in [6.45, 7) is 1.71. The first kappa shape index (κ1) is 22.6. The molecule has 0 atom stereocenters. The number of alkyl halides is 6. The van der Waals surface area contributed by atoms with E-state index in [-0.39, 0.29) is 24.1 Å². The molecule has 4 heterocycles. The maximum Gasteiger partial charge on any atom is 0.417 e. The smallest absolute Gasteiger partial charge is 0.364 e. The number of benzene rings is 1. The minimum atomic E-state index is -5.03. The van der Waals surface area contributed by atoms with Crippen molar-refractivity contribution in [2.75, 3.05) is 0 Å². The van der Waals surface area contributed by atoms with Crippen molar-refractivity contribution in [3.63, 3.8) is 0 Å². The highest BCUT2D eigenvalue weighted by atomic mass is 19.4. The van der Waals surface area contributed by atoms with Crippen LogP contribution in [0, 0.1) is 6.92 Å². The molecule has 0 fully saturated rings. The SMILES string of the molecule is Cc1nocc1-c1nc2cnn(Cc3cc(-c4ccc(C(F)(F)F)cc4C(F)(F)F)no3)cc-2n1. The molecule has 0 aliphatic carbocycles. The van der Waals surface area contributed by atoms with Gasteiger partial charge in [0.2, 0.25) is 0 Å². The predicted molar refractivity (Wildman–Crippen MR) is 106 cm³/mol. The van der Waals surface area contributed by atoms with E-state index in [9.17, 15) is 26.3 Å². The van der Waals surface area contributed by atoms with Gasteiger partial charge in [-0.05, 0) is 19.1 Å². The molecule has 0 bridgehead atoms.